The van der Waals surface area contributed by atoms with Gasteiger partial charge in [0.15, 0.2) is 0 Å². The van der Waals surface area contributed by atoms with Crippen LogP contribution >= 0.6 is 0 Å². The van der Waals surface area contributed by atoms with Crippen molar-refractivity contribution in [1.29, 1.82) is 0 Å². The van der Waals surface area contributed by atoms with Crippen molar-refractivity contribution in [1.82, 2.24) is 10.2 Å². The maximum absolute atomic E-state index is 13.3. The van der Waals surface area contributed by atoms with E-state index in [1.54, 1.807) is 15.9 Å². The maximum Gasteiger partial charge on any atom is 0.260 e. The van der Waals surface area contributed by atoms with Gasteiger partial charge in [-0.1, -0.05) is 62.9 Å². The normalized spacial score (nSPS) is 16.6. The third-order valence-corrected chi connectivity index (χ3v) is 6.29. The van der Waals surface area contributed by atoms with Crippen molar-refractivity contribution in [2.24, 2.45) is 0 Å². The first-order chi connectivity index (χ1) is 15.6. The highest BCUT2D eigenvalue weighted by atomic mass is 16.2. The molecule has 1 atom stereocenters. The zero-order valence-corrected chi connectivity index (χ0v) is 18.7. The molecule has 3 amide bonds. The predicted molar refractivity (Wildman–Crippen MR) is 124 cm³/mol. The van der Waals surface area contributed by atoms with Gasteiger partial charge in [0, 0.05) is 30.6 Å². The molecule has 2 aromatic rings. The Labute approximate surface area is 189 Å². The van der Waals surface area contributed by atoms with E-state index in [0.717, 1.165) is 18.4 Å². The monoisotopic (exact) mass is 433 g/mol. The summed E-state index contributed by atoms with van der Waals surface area (Å²) in [4.78, 5) is 42.2. The van der Waals surface area contributed by atoms with Crippen LogP contribution in [0.15, 0.2) is 48.5 Å². The molecule has 0 spiro atoms. The number of fused-ring (bicyclic) bond motifs is 5. The summed E-state index contributed by atoms with van der Waals surface area (Å²) in [5, 5.41) is 2.99. The van der Waals surface area contributed by atoms with Crippen LogP contribution in [0.5, 0.6) is 0 Å². The number of rotatable bonds is 10. The molecule has 0 aromatic heterocycles. The first-order valence-corrected chi connectivity index (χ1v) is 11.7. The van der Waals surface area contributed by atoms with Crippen molar-refractivity contribution in [3.63, 3.8) is 0 Å². The molecule has 32 heavy (non-hydrogen) atoms. The molecule has 2 aromatic carbocycles. The SMILES string of the molecule is CCCCCCCNC(=O)CCCN1C(=O)c2ccccc2N2C(=O)c3ccccc3[C@@H]12. The highest BCUT2D eigenvalue weighted by Gasteiger charge is 2.47. The van der Waals surface area contributed by atoms with Gasteiger partial charge in [0.05, 0.1) is 11.3 Å². The molecule has 0 fully saturated rings. The Hall–Kier alpha value is -3.15. The minimum absolute atomic E-state index is 0.0186. The summed E-state index contributed by atoms with van der Waals surface area (Å²) >= 11 is 0. The van der Waals surface area contributed by atoms with Crippen molar-refractivity contribution in [2.75, 3.05) is 18.0 Å². The fraction of sp³-hybridized carbons (Fsp3) is 0.423. The second kappa shape index (κ2) is 9.98. The zero-order valence-electron chi connectivity index (χ0n) is 18.7. The molecule has 2 aliphatic rings. The fourth-order valence-electron chi connectivity index (χ4n) is 4.65. The molecule has 0 saturated heterocycles. The highest BCUT2D eigenvalue weighted by molar-refractivity contribution is 6.16. The summed E-state index contributed by atoms with van der Waals surface area (Å²) in [5.41, 5.74) is 2.66. The van der Waals surface area contributed by atoms with Crippen molar-refractivity contribution in [3.05, 3.63) is 65.2 Å². The van der Waals surface area contributed by atoms with E-state index in [9.17, 15) is 14.4 Å². The highest BCUT2D eigenvalue weighted by Crippen LogP contribution is 2.45. The molecule has 1 N–H and O–H groups in total. The average Bonchev–Trinajstić information content (AvgIpc) is 3.11. The van der Waals surface area contributed by atoms with Crippen molar-refractivity contribution >= 4 is 23.4 Å². The molecule has 6 nitrogen and oxygen atoms in total. The van der Waals surface area contributed by atoms with Crippen LogP contribution in [0.25, 0.3) is 0 Å². The molecule has 4 rings (SSSR count). The van der Waals surface area contributed by atoms with E-state index in [1.165, 1.54) is 19.3 Å². The van der Waals surface area contributed by atoms with E-state index >= 15 is 0 Å². The lowest BCUT2D eigenvalue weighted by atomic mass is 10.0. The first kappa shape index (κ1) is 22.1. The Balaban J connectivity index is 1.42. The lowest BCUT2D eigenvalue weighted by Crippen LogP contribution is -2.48. The molecule has 0 radical (unpaired) electrons. The van der Waals surface area contributed by atoms with Crippen LogP contribution < -0.4 is 10.2 Å². The second-order valence-electron chi connectivity index (χ2n) is 8.52. The third-order valence-electron chi connectivity index (χ3n) is 6.29. The molecule has 0 bridgehead atoms. The van der Waals surface area contributed by atoms with Gasteiger partial charge in [-0.15, -0.1) is 0 Å². The number of nitrogens with one attached hydrogen (secondary N) is 1. The van der Waals surface area contributed by atoms with Gasteiger partial charge < -0.3 is 10.2 Å². The van der Waals surface area contributed by atoms with Crippen LogP contribution in [0, 0.1) is 0 Å². The maximum atomic E-state index is 13.3. The van der Waals surface area contributed by atoms with E-state index in [4.69, 9.17) is 0 Å². The largest absolute Gasteiger partial charge is 0.356 e. The Morgan fingerprint density at radius 1 is 0.875 bits per heavy atom. The summed E-state index contributed by atoms with van der Waals surface area (Å²) in [6.07, 6.45) is 6.26. The predicted octanol–water partition coefficient (Wildman–Crippen LogP) is 4.67. The third kappa shape index (κ3) is 4.27. The van der Waals surface area contributed by atoms with Gasteiger partial charge in [-0.3, -0.25) is 19.3 Å². The zero-order chi connectivity index (χ0) is 22.5. The Kier molecular flexibility index (Phi) is 6.88. The number of anilines is 1. The average molecular weight is 434 g/mol. The number of para-hydroxylation sites is 1. The summed E-state index contributed by atoms with van der Waals surface area (Å²) in [6.45, 7) is 3.31. The summed E-state index contributed by atoms with van der Waals surface area (Å²) < 4.78 is 0. The summed E-state index contributed by atoms with van der Waals surface area (Å²) in [5.74, 6) is -0.163. The molecular weight excluding hydrogens is 402 g/mol. The van der Waals surface area contributed by atoms with Crippen molar-refractivity contribution < 1.29 is 14.4 Å². The first-order valence-electron chi connectivity index (χ1n) is 11.7. The fourth-order valence-corrected chi connectivity index (χ4v) is 4.65. The lowest BCUT2D eigenvalue weighted by Gasteiger charge is -2.41. The number of unbranched alkanes of at least 4 members (excludes halogenated alkanes) is 4. The van der Waals surface area contributed by atoms with Gasteiger partial charge in [-0.25, -0.2) is 0 Å². The molecule has 6 heteroatoms. The standard InChI is InChI=1S/C26H31N3O3/c1-2-3-4-5-10-17-27-23(30)16-11-18-28-24-19-12-6-7-13-20(19)26(32)29(24)22-15-9-8-14-21(22)25(28)31/h6-9,12-15,24H,2-5,10-11,16-18H2,1H3,(H,27,30)/t24-/m0/s1. The van der Waals surface area contributed by atoms with Gasteiger partial charge >= 0.3 is 0 Å². The van der Waals surface area contributed by atoms with Gasteiger partial charge in [-0.2, -0.15) is 0 Å². The lowest BCUT2D eigenvalue weighted by molar-refractivity contribution is -0.121. The molecule has 0 unspecified atom stereocenters. The number of benzene rings is 2. The van der Waals surface area contributed by atoms with Crippen molar-refractivity contribution in [3.8, 4) is 0 Å². The number of carbonyl (C=O) groups excluding carboxylic acids is 3. The number of amides is 3. The van der Waals surface area contributed by atoms with E-state index in [2.05, 4.69) is 12.2 Å². The van der Waals surface area contributed by atoms with Gasteiger partial charge in [0.2, 0.25) is 5.91 Å². The number of hydrogen-bond donors (Lipinski definition) is 1. The van der Waals surface area contributed by atoms with Crippen LogP contribution in [0.3, 0.4) is 0 Å². The molecule has 0 aliphatic carbocycles. The Morgan fingerprint density at radius 2 is 1.59 bits per heavy atom. The molecule has 168 valence electrons. The quantitative estimate of drug-likeness (QED) is 0.554. The second-order valence-corrected chi connectivity index (χ2v) is 8.52. The molecule has 0 saturated carbocycles. The van der Waals surface area contributed by atoms with E-state index in [0.29, 0.717) is 42.7 Å². The smallest absolute Gasteiger partial charge is 0.260 e. The Bertz CT molecular complexity index is 1000. The number of nitrogens with zero attached hydrogens (tertiary/aromatic N) is 2. The van der Waals surface area contributed by atoms with Gasteiger partial charge in [0.1, 0.15) is 6.17 Å². The number of hydrogen-bond acceptors (Lipinski definition) is 3. The van der Waals surface area contributed by atoms with E-state index < -0.39 is 6.17 Å². The van der Waals surface area contributed by atoms with Crippen LogP contribution in [0.4, 0.5) is 5.69 Å². The van der Waals surface area contributed by atoms with Gasteiger partial charge in [0.25, 0.3) is 11.8 Å². The van der Waals surface area contributed by atoms with Gasteiger partial charge in [-0.05, 0) is 31.0 Å². The van der Waals surface area contributed by atoms with Crippen molar-refractivity contribution in [2.45, 2.75) is 58.0 Å². The molecule has 2 aliphatic heterocycles. The minimum atomic E-state index is -0.456. The molecular formula is C26H31N3O3. The summed E-state index contributed by atoms with van der Waals surface area (Å²) in [7, 11) is 0. The van der Waals surface area contributed by atoms with E-state index in [1.807, 2.05) is 42.5 Å². The van der Waals surface area contributed by atoms with Crippen LogP contribution in [0.2, 0.25) is 0 Å². The van der Waals surface area contributed by atoms with E-state index in [-0.39, 0.29) is 17.7 Å². The van der Waals surface area contributed by atoms with Crippen LogP contribution in [0.1, 0.15) is 84.3 Å². The number of carbonyl (C=O) groups is 3. The van der Waals surface area contributed by atoms with Crippen LogP contribution in [-0.2, 0) is 4.79 Å². The topological polar surface area (TPSA) is 69.7 Å². The Morgan fingerprint density at radius 3 is 2.41 bits per heavy atom. The molecule has 2 heterocycles. The minimum Gasteiger partial charge on any atom is -0.356 e. The summed E-state index contributed by atoms with van der Waals surface area (Å²) in [6, 6.07) is 14.7. The van der Waals surface area contributed by atoms with Crippen LogP contribution in [-0.4, -0.2) is 35.7 Å².